The lowest BCUT2D eigenvalue weighted by atomic mass is 10.0. The molecule has 18 aromatic carbocycles. The number of hydrogen-bond acceptors (Lipinski definition) is 5. The van der Waals surface area contributed by atoms with Gasteiger partial charge in [-0.1, -0.05) is 307 Å². The van der Waals surface area contributed by atoms with Gasteiger partial charge in [-0.05, 0) is 325 Å². The highest BCUT2D eigenvalue weighted by Gasteiger charge is 2.19. The van der Waals surface area contributed by atoms with Crippen LogP contribution in [0, 0.1) is 76.2 Å². The van der Waals surface area contributed by atoms with Crippen LogP contribution in [0.25, 0.3) is 33.4 Å². The Kier molecular flexibility index (Phi) is 28.8. The molecule has 0 amide bonds. The van der Waals surface area contributed by atoms with Crippen molar-refractivity contribution in [3.8, 4) is 33.4 Å². The summed E-state index contributed by atoms with van der Waals surface area (Å²) in [6.07, 6.45) is 0. The molecule has 0 heterocycles. The number of aryl methyl sites for hydroxylation is 11. The van der Waals surface area contributed by atoms with Crippen LogP contribution in [0.4, 0.5) is 85.3 Å². The smallest absolute Gasteiger partial charge is 0.0464 e. The second-order valence-electron chi connectivity index (χ2n) is 31.7. The van der Waals surface area contributed by atoms with E-state index in [0.29, 0.717) is 0 Å². The van der Waals surface area contributed by atoms with Crippen molar-refractivity contribution in [3.63, 3.8) is 0 Å². The summed E-state index contributed by atoms with van der Waals surface area (Å²) in [5, 5.41) is 0. The summed E-state index contributed by atoms with van der Waals surface area (Å²) >= 11 is 0. The molecular formula is C119H109N5. The molecule has 0 aliphatic heterocycles. The van der Waals surface area contributed by atoms with Crippen LogP contribution in [0.5, 0.6) is 0 Å². The quantitative estimate of drug-likeness (QED) is 0.0848. The van der Waals surface area contributed by atoms with Gasteiger partial charge in [0.2, 0.25) is 0 Å². The van der Waals surface area contributed by atoms with Crippen LogP contribution in [-0.2, 0) is 0 Å². The molecule has 18 rings (SSSR count). The van der Waals surface area contributed by atoms with E-state index in [0.717, 1.165) is 39.8 Å². The van der Waals surface area contributed by atoms with Crippen LogP contribution < -0.4 is 24.5 Å². The van der Waals surface area contributed by atoms with Crippen molar-refractivity contribution in [1.29, 1.82) is 0 Å². The van der Waals surface area contributed by atoms with E-state index in [1.54, 1.807) is 0 Å². The van der Waals surface area contributed by atoms with Crippen molar-refractivity contribution in [1.82, 2.24) is 0 Å². The van der Waals surface area contributed by atoms with Crippen molar-refractivity contribution in [2.45, 2.75) is 76.2 Å². The number of nitrogens with zero attached hydrogens (tertiary/aromatic N) is 5. The summed E-state index contributed by atoms with van der Waals surface area (Å²) in [5.41, 5.74) is 39.2. The zero-order valence-electron chi connectivity index (χ0n) is 73.1. The number of para-hydroxylation sites is 5. The summed E-state index contributed by atoms with van der Waals surface area (Å²) in [6.45, 7) is 23.6. The molecule has 0 saturated heterocycles. The van der Waals surface area contributed by atoms with Crippen LogP contribution in [0.2, 0.25) is 0 Å². The maximum absolute atomic E-state index is 2.33. The zero-order valence-corrected chi connectivity index (χ0v) is 73.1. The second-order valence-corrected chi connectivity index (χ2v) is 31.7. The predicted octanol–water partition coefficient (Wildman–Crippen LogP) is 34.2. The molecule has 5 heteroatoms. The van der Waals surface area contributed by atoms with E-state index >= 15 is 0 Å². The summed E-state index contributed by atoms with van der Waals surface area (Å²) in [7, 11) is 0. The first kappa shape index (κ1) is 85.4. The second kappa shape index (κ2) is 41.8. The van der Waals surface area contributed by atoms with Gasteiger partial charge >= 0.3 is 0 Å². The normalized spacial score (nSPS) is 10.5. The number of rotatable bonds is 18. The van der Waals surface area contributed by atoms with Gasteiger partial charge in [0.05, 0.1) is 0 Å². The monoisotopic (exact) mass is 1610 g/mol. The van der Waals surface area contributed by atoms with Gasteiger partial charge in [0, 0.05) is 85.3 Å². The maximum Gasteiger partial charge on any atom is 0.0464 e. The molecule has 0 aromatic heterocycles. The Labute approximate surface area is 736 Å². The maximum atomic E-state index is 2.33. The number of hydrogen-bond donors (Lipinski definition) is 0. The van der Waals surface area contributed by atoms with Crippen LogP contribution in [-0.4, -0.2) is 0 Å². The van der Waals surface area contributed by atoms with Gasteiger partial charge < -0.3 is 24.5 Å². The Morgan fingerprint density at radius 2 is 0.234 bits per heavy atom. The van der Waals surface area contributed by atoms with E-state index in [1.165, 1.54) is 140 Å². The molecule has 18 aromatic rings. The van der Waals surface area contributed by atoms with Crippen molar-refractivity contribution in [3.05, 3.63) is 522 Å². The molecule has 0 aliphatic rings. The minimum Gasteiger partial charge on any atom is -0.311 e. The van der Waals surface area contributed by atoms with Gasteiger partial charge in [0.15, 0.2) is 0 Å². The molecule has 0 unspecified atom stereocenters. The van der Waals surface area contributed by atoms with E-state index in [1.807, 2.05) is 30.3 Å². The van der Waals surface area contributed by atoms with Gasteiger partial charge in [-0.15, -0.1) is 0 Å². The van der Waals surface area contributed by atoms with Crippen molar-refractivity contribution >= 4 is 85.3 Å². The number of anilines is 15. The lowest BCUT2D eigenvalue weighted by molar-refractivity contribution is 1.23. The summed E-state index contributed by atoms with van der Waals surface area (Å²) < 4.78 is 0. The zero-order chi connectivity index (χ0) is 86.1. The fourth-order valence-corrected chi connectivity index (χ4v) is 14.9. The third-order valence-corrected chi connectivity index (χ3v) is 22.5. The molecule has 0 saturated carbocycles. The highest BCUT2D eigenvalue weighted by atomic mass is 15.2. The SMILES string of the molecule is Cc1ccc(-c2ccc(N(c3ccccc3)c3ccccc3)cc2)cc1.Cc1ccc(N(c2ccc(-c3ccccc3)cc2)c2ccc(C)c(C)c2)cc1.Cc1ccc(N(c2ccc(C)c(C)c2)c2ccc(C)c(C)c2)cc1.Cc1ccc(N(c2ccccc2)c2ccc(-c3ccccc3)cc2)cc1.Cc1ccc(N(c2ccccc2)c2ccccc2)cc1. The molecule has 0 spiro atoms. The van der Waals surface area contributed by atoms with Crippen LogP contribution in [0.15, 0.2) is 461 Å². The highest BCUT2D eigenvalue weighted by Crippen LogP contribution is 2.42. The molecule has 0 aliphatic carbocycles. The molecular weight excluding hydrogens is 1500 g/mol. The molecule has 0 bridgehead atoms. The molecule has 0 radical (unpaired) electrons. The lowest BCUT2D eigenvalue weighted by Crippen LogP contribution is -2.10. The Balaban J connectivity index is 0.000000127. The first-order valence-corrected chi connectivity index (χ1v) is 42.8. The fourth-order valence-electron chi connectivity index (χ4n) is 14.9. The van der Waals surface area contributed by atoms with Crippen molar-refractivity contribution in [2.24, 2.45) is 0 Å². The predicted molar refractivity (Wildman–Crippen MR) is 534 cm³/mol. The average Bonchev–Trinajstić information content (AvgIpc) is 0.794. The van der Waals surface area contributed by atoms with Gasteiger partial charge in [-0.25, -0.2) is 0 Å². The number of benzene rings is 18. The van der Waals surface area contributed by atoms with Crippen LogP contribution in [0.1, 0.15) is 61.2 Å². The van der Waals surface area contributed by atoms with Gasteiger partial charge in [0.1, 0.15) is 0 Å². The Morgan fingerprint density at radius 3 is 0.427 bits per heavy atom. The molecule has 610 valence electrons. The Morgan fingerprint density at radius 1 is 0.105 bits per heavy atom. The van der Waals surface area contributed by atoms with E-state index in [4.69, 9.17) is 0 Å². The topological polar surface area (TPSA) is 16.2 Å². The molecule has 0 fully saturated rings. The standard InChI is InChI=1S/C27H25N.2C25H21N.C23H25N.C19H17N/c1-20-9-14-25(15-10-20)28(27-16-11-21(2)22(3)19-27)26-17-12-24(13-18-26)23-7-5-4-6-8-23;1-20-12-16-24(17-13-20)26(23-10-6-3-7-11-23)25-18-14-22(15-19-25)21-8-4-2-5-9-21;1-20-12-14-21(15-13-20)22-16-18-25(19-17-22)26(23-8-4-2-5-9-23)24-10-6-3-7-11-24;1-16-6-10-21(11-7-16)24(22-12-8-17(2)19(4)14-22)23-13-9-18(3)20(5)15-23;1-16-12-14-19(15-13-16)20(17-8-4-2-5-9-17)18-10-6-3-7-11-18/h4-19H,1-3H3;2*2-19H,1H3;6-15H,1-5H3;2-15H,1H3. The summed E-state index contributed by atoms with van der Waals surface area (Å²) in [6, 6.07) is 163. The lowest BCUT2D eigenvalue weighted by Gasteiger charge is -2.27. The van der Waals surface area contributed by atoms with E-state index in [9.17, 15) is 0 Å². The van der Waals surface area contributed by atoms with Crippen molar-refractivity contribution in [2.75, 3.05) is 24.5 Å². The highest BCUT2D eigenvalue weighted by molar-refractivity contribution is 5.84. The largest absolute Gasteiger partial charge is 0.311 e. The molecule has 0 N–H and O–H groups in total. The van der Waals surface area contributed by atoms with E-state index in [2.05, 4.69) is 531 Å². The summed E-state index contributed by atoms with van der Waals surface area (Å²) in [5.74, 6) is 0. The first-order chi connectivity index (χ1) is 60.5. The Hall–Kier alpha value is -15.0. The van der Waals surface area contributed by atoms with Crippen LogP contribution in [0.3, 0.4) is 0 Å². The summed E-state index contributed by atoms with van der Waals surface area (Å²) in [4.78, 5) is 11.5. The Bertz CT molecular complexity index is 6180. The van der Waals surface area contributed by atoms with Crippen LogP contribution >= 0.6 is 0 Å². The molecule has 5 nitrogen and oxygen atoms in total. The third-order valence-electron chi connectivity index (χ3n) is 22.5. The van der Waals surface area contributed by atoms with E-state index < -0.39 is 0 Å². The first-order valence-electron chi connectivity index (χ1n) is 42.8. The van der Waals surface area contributed by atoms with E-state index in [-0.39, 0.29) is 0 Å². The average molecular weight is 1610 g/mol. The minimum atomic E-state index is 1.15. The molecule has 0 atom stereocenters. The molecule has 124 heavy (non-hydrogen) atoms. The van der Waals surface area contributed by atoms with Crippen molar-refractivity contribution < 1.29 is 0 Å². The van der Waals surface area contributed by atoms with Gasteiger partial charge in [-0.3, -0.25) is 0 Å². The van der Waals surface area contributed by atoms with Gasteiger partial charge in [0.25, 0.3) is 0 Å². The van der Waals surface area contributed by atoms with Gasteiger partial charge in [-0.2, -0.15) is 0 Å². The minimum absolute atomic E-state index is 1.15. The fraction of sp³-hybridized carbons (Fsp3) is 0.0924. The third kappa shape index (κ3) is 22.3.